The van der Waals surface area contributed by atoms with Gasteiger partial charge in [-0.1, -0.05) is 23.2 Å². The van der Waals surface area contributed by atoms with Crippen LogP contribution in [0.15, 0.2) is 0 Å². The van der Waals surface area contributed by atoms with Crippen molar-refractivity contribution >= 4 is 29.1 Å². The molecule has 2 unspecified atom stereocenters. The molecule has 68 valence electrons. The maximum atomic E-state index is 11.3. The van der Waals surface area contributed by atoms with Gasteiger partial charge in [0, 0.05) is 13.1 Å². The van der Waals surface area contributed by atoms with Crippen LogP contribution in [0.25, 0.3) is 0 Å². The van der Waals surface area contributed by atoms with E-state index in [1.807, 2.05) is 0 Å². The number of alkyl halides is 2. The summed E-state index contributed by atoms with van der Waals surface area (Å²) in [5.41, 5.74) is 0. The summed E-state index contributed by atoms with van der Waals surface area (Å²) in [6, 6.07) is 0. The zero-order chi connectivity index (χ0) is 8.72. The Hall–Kier alpha value is 0.0500. The molecular weight excluding hydrogens is 197 g/mol. The zero-order valence-electron chi connectivity index (χ0n) is 6.67. The van der Waals surface area contributed by atoms with E-state index in [1.54, 1.807) is 4.90 Å². The average Bonchev–Trinajstić information content (AvgIpc) is 2.27. The van der Waals surface area contributed by atoms with E-state index in [9.17, 15) is 4.79 Å². The van der Waals surface area contributed by atoms with E-state index < -0.39 is 4.84 Å². The van der Waals surface area contributed by atoms with E-state index in [4.69, 9.17) is 23.2 Å². The van der Waals surface area contributed by atoms with Gasteiger partial charge in [0.05, 0.1) is 0 Å². The van der Waals surface area contributed by atoms with Crippen molar-refractivity contribution in [2.75, 3.05) is 13.1 Å². The third-order valence-corrected chi connectivity index (χ3v) is 3.36. The van der Waals surface area contributed by atoms with Gasteiger partial charge in [-0.3, -0.25) is 4.79 Å². The number of amides is 1. The molecule has 2 nitrogen and oxygen atoms in total. The molecule has 0 bridgehead atoms. The minimum Gasteiger partial charge on any atom is -0.340 e. The minimum atomic E-state index is -0.873. The van der Waals surface area contributed by atoms with Gasteiger partial charge in [0.2, 0.25) is 0 Å². The first-order valence-electron chi connectivity index (χ1n) is 4.25. The molecule has 2 rings (SSSR count). The highest BCUT2D eigenvalue weighted by molar-refractivity contribution is 6.53. The van der Waals surface area contributed by atoms with Gasteiger partial charge in [0.15, 0.2) is 4.84 Å². The highest BCUT2D eigenvalue weighted by atomic mass is 35.5. The number of hydrogen-bond acceptors (Lipinski definition) is 1. The van der Waals surface area contributed by atoms with Crippen LogP contribution in [0.1, 0.15) is 12.8 Å². The van der Waals surface area contributed by atoms with E-state index in [1.165, 1.54) is 12.8 Å². The smallest absolute Gasteiger partial charge is 0.255 e. The summed E-state index contributed by atoms with van der Waals surface area (Å²) >= 11 is 11.0. The number of carbonyl (C=O) groups is 1. The fourth-order valence-corrected chi connectivity index (χ4v) is 2.35. The largest absolute Gasteiger partial charge is 0.340 e. The predicted molar refractivity (Wildman–Crippen MR) is 48.3 cm³/mol. The number of rotatable bonds is 1. The van der Waals surface area contributed by atoms with Crippen LogP contribution in [0.3, 0.4) is 0 Å². The molecule has 1 heterocycles. The van der Waals surface area contributed by atoms with Gasteiger partial charge < -0.3 is 4.90 Å². The molecular formula is C8H11Cl2NO. The molecule has 1 amide bonds. The molecule has 0 aromatic carbocycles. The molecule has 0 radical (unpaired) electrons. The van der Waals surface area contributed by atoms with Gasteiger partial charge in [-0.2, -0.15) is 0 Å². The number of nitrogens with zero attached hydrogens (tertiary/aromatic N) is 1. The van der Waals surface area contributed by atoms with Gasteiger partial charge in [-0.05, 0) is 24.7 Å². The van der Waals surface area contributed by atoms with Crippen molar-refractivity contribution in [2.45, 2.75) is 17.7 Å². The predicted octanol–water partition coefficient (Wildman–Crippen LogP) is 1.66. The maximum Gasteiger partial charge on any atom is 0.255 e. The summed E-state index contributed by atoms with van der Waals surface area (Å²) in [6.07, 6.45) is 2.54. The molecule has 1 aliphatic carbocycles. The van der Waals surface area contributed by atoms with Gasteiger partial charge in [-0.25, -0.2) is 0 Å². The highest BCUT2D eigenvalue weighted by Crippen LogP contribution is 2.40. The Morgan fingerprint density at radius 3 is 2.08 bits per heavy atom. The number of carbonyl (C=O) groups excluding carboxylic acids is 1. The normalized spacial score (nSPS) is 33.4. The fourth-order valence-electron chi connectivity index (χ4n) is 2.08. The van der Waals surface area contributed by atoms with Crippen LogP contribution >= 0.6 is 23.2 Å². The van der Waals surface area contributed by atoms with Crippen LogP contribution in [-0.4, -0.2) is 28.7 Å². The van der Waals surface area contributed by atoms with Crippen LogP contribution < -0.4 is 0 Å². The van der Waals surface area contributed by atoms with E-state index in [2.05, 4.69) is 0 Å². The molecule has 0 aromatic heterocycles. The Morgan fingerprint density at radius 2 is 1.75 bits per heavy atom. The van der Waals surface area contributed by atoms with E-state index in [0.717, 1.165) is 24.9 Å². The molecule has 0 N–H and O–H groups in total. The Labute approximate surface area is 81.8 Å². The van der Waals surface area contributed by atoms with Crippen molar-refractivity contribution in [3.8, 4) is 0 Å². The zero-order valence-corrected chi connectivity index (χ0v) is 8.18. The molecule has 2 aliphatic rings. The summed E-state index contributed by atoms with van der Waals surface area (Å²) in [7, 11) is 0. The molecule has 2 fully saturated rings. The lowest BCUT2D eigenvalue weighted by Gasteiger charge is -2.27. The second-order valence-corrected chi connectivity index (χ2v) is 4.74. The van der Waals surface area contributed by atoms with Crippen LogP contribution in [0, 0.1) is 11.8 Å². The van der Waals surface area contributed by atoms with Crippen LogP contribution in [0.2, 0.25) is 0 Å². The lowest BCUT2D eigenvalue weighted by molar-refractivity contribution is -0.128. The third-order valence-electron chi connectivity index (χ3n) is 2.98. The second-order valence-electron chi connectivity index (χ2n) is 3.64. The quantitative estimate of drug-likeness (QED) is 0.600. The van der Waals surface area contributed by atoms with Crippen molar-refractivity contribution < 1.29 is 4.79 Å². The van der Waals surface area contributed by atoms with E-state index in [-0.39, 0.29) is 5.91 Å². The molecule has 1 saturated carbocycles. The van der Waals surface area contributed by atoms with Gasteiger partial charge in [-0.15, -0.1) is 0 Å². The topological polar surface area (TPSA) is 20.3 Å². The fraction of sp³-hybridized carbons (Fsp3) is 0.875. The summed E-state index contributed by atoms with van der Waals surface area (Å²) in [5, 5.41) is 0. The van der Waals surface area contributed by atoms with Crippen molar-refractivity contribution in [2.24, 2.45) is 11.8 Å². The van der Waals surface area contributed by atoms with Crippen molar-refractivity contribution in [3.05, 3.63) is 0 Å². The van der Waals surface area contributed by atoms with Crippen LogP contribution in [0.4, 0.5) is 0 Å². The Bertz CT molecular complexity index is 195. The van der Waals surface area contributed by atoms with Crippen molar-refractivity contribution in [1.82, 2.24) is 4.90 Å². The highest BCUT2D eigenvalue weighted by Gasteiger charge is 2.41. The van der Waals surface area contributed by atoms with Gasteiger partial charge >= 0.3 is 0 Å². The lowest BCUT2D eigenvalue weighted by atomic mass is 9.77. The lowest BCUT2D eigenvalue weighted by Crippen LogP contribution is -2.32. The second kappa shape index (κ2) is 3.08. The summed E-state index contributed by atoms with van der Waals surface area (Å²) in [6.45, 7) is 1.75. The van der Waals surface area contributed by atoms with E-state index in [0.29, 0.717) is 0 Å². The molecule has 0 aromatic rings. The molecule has 4 heteroatoms. The van der Waals surface area contributed by atoms with Crippen molar-refractivity contribution in [1.29, 1.82) is 0 Å². The minimum absolute atomic E-state index is 0.118. The first-order valence-corrected chi connectivity index (χ1v) is 5.12. The molecule has 1 aliphatic heterocycles. The Morgan fingerprint density at radius 1 is 1.25 bits per heavy atom. The number of fused-ring (bicyclic) bond motifs is 1. The molecule has 12 heavy (non-hydrogen) atoms. The Balaban J connectivity index is 1.94. The van der Waals surface area contributed by atoms with Crippen LogP contribution in [-0.2, 0) is 4.79 Å². The summed E-state index contributed by atoms with van der Waals surface area (Å²) in [5.74, 6) is 1.36. The monoisotopic (exact) mass is 207 g/mol. The standard InChI is InChI=1S/C8H11Cl2NO/c9-7(10)8(12)11-3-5-1-2-6(5)4-11/h5-7H,1-4H2. The maximum absolute atomic E-state index is 11.3. The average molecular weight is 208 g/mol. The van der Waals surface area contributed by atoms with Gasteiger partial charge in [0.1, 0.15) is 0 Å². The first-order chi connectivity index (χ1) is 5.68. The molecule has 0 spiro atoms. The molecule has 2 atom stereocenters. The van der Waals surface area contributed by atoms with Crippen LogP contribution in [0.5, 0.6) is 0 Å². The number of likely N-dealkylation sites (tertiary alicyclic amines) is 1. The number of hydrogen-bond donors (Lipinski definition) is 0. The van der Waals surface area contributed by atoms with E-state index >= 15 is 0 Å². The SMILES string of the molecule is O=C(C(Cl)Cl)N1CC2CCC2C1. The summed E-state index contributed by atoms with van der Waals surface area (Å²) in [4.78, 5) is 12.3. The Kier molecular flexibility index (Phi) is 2.21. The molecule has 1 saturated heterocycles. The number of halogens is 2. The van der Waals surface area contributed by atoms with Gasteiger partial charge in [0.25, 0.3) is 5.91 Å². The van der Waals surface area contributed by atoms with Crippen molar-refractivity contribution in [3.63, 3.8) is 0 Å². The third kappa shape index (κ3) is 1.31. The summed E-state index contributed by atoms with van der Waals surface area (Å²) < 4.78 is 0. The first kappa shape index (κ1) is 8.64.